The van der Waals surface area contributed by atoms with Gasteiger partial charge < -0.3 is 20.9 Å². The number of aromatic amines is 1. The monoisotopic (exact) mass is 504 g/mol. The third-order valence-electron chi connectivity index (χ3n) is 6.26. The van der Waals surface area contributed by atoms with Crippen molar-refractivity contribution in [3.63, 3.8) is 0 Å². The third kappa shape index (κ3) is 5.36. The van der Waals surface area contributed by atoms with E-state index in [-0.39, 0.29) is 29.6 Å². The molecule has 1 atom stereocenters. The van der Waals surface area contributed by atoms with Gasteiger partial charge >= 0.3 is 0 Å². The fourth-order valence-electron chi connectivity index (χ4n) is 4.33. The Morgan fingerprint density at radius 1 is 1.08 bits per heavy atom. The number of rotatable bonds is 7. The zero-order chi connectivity index (χ0) is 26.0. The molecular formula is C28H29ClN4O3. The summed E-state index contributed by atoms with van der Waals surface area (Å²) in [5.74, 6) is -0.912. The first kappa shape index (κ1) is 25.3. The van der Waals surface area contributed by atoms with Gasteiger partial charge in [0.25, 0.3) is 11.8 Å². The van der Waals surface area contributed by atoms with Crippen molar-refractivity contribution in [2.75, 3.05) is 16.5 Å². The van der Waals surface area contributed by atoms with Crippen molar-refractivity contribution < 1.29 is 14.4 Å². The SMILES string of the molecule is Cc1ccc(C[C@@H](C)NC(=O)c2ccc3c(c2)/C(=C/c2[nH]c(C)c(NC(=O)CCl)c2C)C(=O)N3)cc1. The fraction of sp³-hybridized carbons (Fsp3) is 0.250. The van der Waals surface area contributed by atoms with Crippen LogP contribution in [0.5, 0.6) is 0 Å². The number of halogens is 1. The van der Waals surface area contributed by atoms with Gasteiger partial charge in [0.2, 0.25) is 5.91 Å². The quantitative estimate of drug-likeness (QED) is 0.270. The van der Waals surface area contributed by atoms with Gasteiger partial charge in [-0.05, 0) is 69.5 Å². The van der Waals surface area contributed by atoms with Gasteiger partial charge in [0.1, 0.15) is 5.88 Å². The lowest BCUT2D eigenvalue weighted by Gasteiger charge is -2.15. The highest BCUT2D eigenvalue weighted by Gasteiger charge is 2.26. The Bertz CT molecular complexity index is 1370. The molecule has 2 heterocycles. The molecule has 1 aliphatic heterocycles. The lowest BCUT2D eigenvalue weighted by molar-refractivity contribution is -0.114. The topological polar surface area (TPSA) is 103 Å². The highest BCUT2D eigenvalue weighted by molar-refractivity contribution is 6.35. The van der Waals surface area contributed by atoms with E-state index < -0.39 is 0 Å². The molecule has 0 spiro atoms. The maximum Gasteiger partial charge on any atom is 0.256 e. The zero-order valence-electron chi connectivity index (χ0n) is 20.7. The predicted molar refractivity (Wildman–Crippen MR) is 144 cm³/mol. The van der Waals surface area contributed by atoms with Gasteiger partial charge in [-0.1, -0.05) is 29.8 Å². The van der Waals surface area contributed by atoms with Gasteiger partial charge in [-0.2, -0.15) is 0 Å². The van der Waals surface area contributed by atoms with Crippen LogP contribution in [0.15, 0.2) is 42.5 Å². The molecule has 4 rings (SSSR count). The van der Waals surface area contributed by atoms with Crippen LogP contribution in [-0.4, -0.2) is 34.6 Å². The van der Waals surface area contributed by atoms with Gasteiger partial charge in [0.15, 0.2) is 0 Å². The van der Waals surface area contributed by atoms with Crippen molar-refractivity contribution in [3.8, 4) is 0 Å². The number of benzene rings is 2. The molecule has 0 aliphatic carbocycles. The second kappa shape index (κ2) is 10.4. The number of anilines is 2. The normalized spacial score (nSPS) is 14.4. The maximum atomic E-state index is 13.0. The van der Waals surface area contributed by atoms with Crippen LogP contribution in [0.4, 0.5) is 11.4 Å². The minimum atomic E-state index is -0.308. The lowest BCUT2D eigenvalue weighted by atomic mass is 10.0. The number of alkyl halides is 1. The first-order chi connectivity index (χ1) is 17.2. The largest absolute Gasteiger partial charge is 0.357 e. The van der Waals surface area contributed by atoms with Crippen molar-refractivity contribution >= 4 is 52.3 Å². The number of amides is 3. The summed E-state index contributed by atoms with van der Waals surface area (Å²) >= 11 is 5.62. The first-order valence-electron chi connectivity index (χ1n) is 11.7. The van der Waals surface area contributed by atoms with Crippen LogP contribution in [-0.2, 0) is 16.0 Å². The van der Waals surface area contributed by atoms with Crippen LogP contribution in [0, 0.1) is 20.8 Å². The average molecular weight is 505 g/mol. The Hall–Kier alpha value is -3.84. The van der Waals surface area contributed by atoms with E-state index >= 15 is 0 Å². The molecule has 36 heavy (non-hydrogen) atoms. The minimum absolute atomic E-state index is 0.0607. The van der Waals surface area contributed by atoms with E-state index in [1.807, 2.05) is 27.7 Å². The van der Waals surface area contributed by atoms with E-state index in [0.29, 0.717) is 33.8 Å². The third-order valence-corrected chi connectivity index (χ3v) is 6.50. The van der Waals surface area contributed by atoms with Crippen LogP contribution in [0.25, 0.3) is 11.6 Å². The molecule has 0 saturated heterocycles. The van der Waals surface area contributed by atoms with Crippen LogP contribution >= 0.6 is 11.6 Å². The van der Waals surface area contributed by atoms with Gasteiger partial charge in [-0.15, -0.1) is 11.6 Å². The highest BCUT2D eigenvalue weighted by Crippen LogP contribution is 2.35. The van der Waals surface area contributed by atoms with E-state index in [0.717, 1.165) is 23.2 Å². The number of aryl methyl sites for hydroxylation is 2. The minimum Gasteiger partial charge on any atom is -0.357 e. The predicted octanol–water partition coefficient (Wildman–Crippen LogP) is 4.97. The zero-order valence-corrected chi connectivity index (χ0v) is 21.5. The number of H-pyrrole nitrogens is 1. The summed E-state index contributed by atoms with van der Waals surface area (Å²) in [6.07, 6.45) is 2.46. The molecule has 4 N–H and O–H groups in total. The summed E-state index contributed by atoms with van der Waals surface area (Å²) in [6, 6.07) is 13.4. The van der Waals surface area contributed by atoms with Crippen LogP contribution < -0.4 is 16.0 Å². The molecule has 3 aromatic rings. The summed E-state index contributed by atoms with van der Waals surface area (Å²) < 4.78 is 0. The number of fused-ring (bicyclic) bond motifs is 1. The van der Waals surface area contributed by atoms with Crippen LogP contribution in [0.2, 0.25) is 0 Å². The van der Waals surface area contributed by atoms with Crippen LogP contribution in [0.1, 0.15) is 50.9 Å². The van der Waals surface area contributed by atoms with Crippen molar-refractivity contribution in [2.24, 2.45) is 0 Å². The summed E-state index contributed by atoms with van der Waals surface area (Å²) in [4.78, 5) is 40.7. The summed E-state index contributed by atoms with van der Waals surface area (Å²) in [5, 5.41) is 8.68. The van der Waals surface area contributed by atoms with Crippen molar-refractivity contribution in [3.05, 3.63) is 81.7 Å². The second-order valence-electron chi connectivity index (χ2n) is 9.18. The van der Waals surface area contributed by atoms with Gasteiger partial charge in [0.05, 0.1) is 11.3 Å². The molecule has 186 valence electrons. The van der Waals surface area contributed by atoms with E-state index in [1.165, 1.54) is 5.56 Å². The number of carbonyl (C=O) groups is 3. The van der Waals surface area contributed by atoms with E-state index in [4.69, 9.17) is 11.6 Å². The second-order valence-corrected chi connectivity index (χ2v) is 9.45. The first-order valence-corrected chi connectivity index (χ1v) is 12.3. The molecule has 2 aromatic carbocycles. The number of aromatic nitrogens is 1. The Kier molecular flexibility index (Phi) is 7.31. The highest BCUT2D eigenvalue weighted by atomic mass is 35.5. The molecule has 7 nitrogen and oxygen atoms in total. The van der Waals surface area contributed by atoms with Gasteiger partial charge in [-0.3, -0.25) is 14.4 Å². The molecule has 0 radical (unpaired) electrons. The van der Waals surface area contributed by atoms with Crippen molar-refractivity contribution in [1.29, 1.82) is 0 Å². The molecule has 3 amide bonds. The molecule has 0 bridgehead atoms. The standard InChI is InChI=1S/C28H29ClN4O3/c1-15-5-7-19(8-6-15)11-16(2)30-27(35)20-9-10-23-21(12-20)22(28(36)32-23)13-24-17(3)26(18(4)31-24)33-25(34)14-29/h5-10,12-13,16,31H,11,14H2,1-4H3,(H,30,35)(H,32,36)(H,33,34)/b22-13-/t16-/m1/s1. The Morgan fingerprint density at radius 3 is 2.50 bits per heavy atom. The average Bonchev–Trinajstić information content (AvgIpc) is 3.30. The van der Waals surface area contributed by atoms with Gasteiger partial charge in [0, 0.05) is 34.2 Å². The smallest absolute Gasteiger partial charge is 0.256 e. The van der Waals surface area contributed by atoms with Gasteiger partial charge in [-0.25, -0.2) is 0 Å². The summed E-state index contributed by atoms with van der Waals surface area (Å²) in [6.45, 7) is 7.70. The lowest BCUT2D eigenvalue weighted by Crippen LogP contribution is -2.34. The van der Waals surface area contributed by atoms with Crippen molar-refractivity contribution in [1.82, 2.24) is 10.3 Å². The summed E-state index contributed by atoms with van der Waals surface area (Å²) in [5.41, 5.74) is 7.43. The molecule has 0 fully saturated rings. The Morgan fingerprint density at radius 2 is 1.81 bits per heavy atom. The van der Waals surface area contributed by atoms with E-state index in [2.05, 4.69) is 45.2 Å². The molecule has 1 aliphatic rings. The van der Waals surface area contributed by atoms with Crippen molar-refractivity contribution in [2.45, 2.75) is 40.2 Å². The number of carbonyl (C=O) groups excluding carboxylic acids is 3. The van der Waals surface area contributed by atoms with E-state index in [9.17, 15) is 14.4 Å². The Labute approximate surface area is 215 Å². The number of hydrogen-bond donors (Lipinski definition) is 4. The maximum absolute atomic E-state index is 13.0. The van der Waals surface area contributed by atoms with Crippen LogP contribution in [0.3, 0.4) is 0 Å². The molecule has 8 heteroatoms. The summed E-state index contributed by atoms with van der Waals surface area (Å²) in [7, 11) is 0. The van der Waals surface area contributed by atoms with E-state index in [1.54, 1.807) is 24.3 Å². The molecule has 0 saturated carbocycles. The molecule has 0 unspecified atom stereocenters. The number of hydrogen-bond acceptors (Lipinski definition) is 3. The Balaban J connectivity index is 1.56. The molecular weight excluding hydrogens is 476 g/mol. The molecule has 1 aromatic heterocycles. The number of nitrogens with one attached hydrogen (secondary N) is 4. The fourth-order valence-corrected chi connectivity index (χ4v) is 4.40.